The monoisotopic (exact) mass is 485 g/mol. The minimum Gasteiger partial charge on any atom is -0.490 e. The van der Waals surface area contributed by atoms with Crippen LogP contribution in [-0.2, 0) is 5.75 Å². The van der Waals surface area contributed by atoms with Crippen LogP contribution in [0.4, 0.5) is 11.4 Å². The van der Waals surface area contributed by atoms with E-state index in [1.807, 2.05) is 39.0 Å². The van der Waals surface area contributed by atoms with E-state index in [2.05, 4.69) is 10.5 Å². The topological polar surface area (TPSA) is 117 Å². The number of nitro groups is 1. The lowest BCUT2D eigenvalue weighted by molar-refractivity contribution is -0.384. The van der Waals surface area contributed by atoms with Crippen LogP contribution in [0.5, 0.6) is 11.5 Å². The largest absolute Gasteiger partial charge is 0.490 e. The van der Waals surface area contributed by atoms with Gasteiger partial charge in [-0.15, -0.1) is 11.8 Å². The Kier molecular flexibility index (Phi) is 8.92. The van der Waals surface area contributed by atoms with Crippen molar-refractivity contribution in [3.63, 3.8) is 0 Å². The highest BCUT2D eigenvalue weighted by atomic mass is 32.2. The van der Waals surface area contributed by atoms with Crippen LogP contribution in [-0.4, -0.2) is 29.2 Å². The minimum absolute atomic E-state index is 0.0376. The first-order chi connectivity index (χ1) is 16.4. The number of carbonyl (C=O) groups excluding carboxylic acids is 1. The summed E-state index contributed by atoms with van der Waals surface area (Å²) in [5, 5.41) is 18.3. The summed E-state index contributed by atoms with van der Waals surface area (Å²) in [5.41, 5.74) is 0.933. The van der Waals surface area contributed by atoms with Gasteiger partial charge in [0.05, 0.1) is 41.2 Å². The van der Waals surface area contributed by atoms with E-state index in [4.69, 9.17) is 14.0 Å². The molecule has 1 aromatic heterocycles. The zero-order chi connectivity index (χ0) is 24.5. The number of anilines is 1. The molecule has 0 unspecified atom stereocenters. The van der Waals surface area contributed by atoms with Crippen molar-refractivity contribution in [1.29, 1.82) is 0 Å². The van der Waals surface area contributed by atoms with E-state index < -0.39 is 10.8 Å². The molecule has 180 valence electrons. The molecule has 0 saturated carbocycles. The van der Waals surface area contributed by atoms with E-state index in [0.717, 1.165) is 18.5 Å². The molecule has 0 aliphatic carbocycles. The molecule has 0 aliphatic heterocycles. The molecule has 0 bridgehead atoms. The van der Waals surface area contributed by atoms with Gasteiger partial charge in [0, 0.05) is 17.0 Å². The lowest BCUT2D eigenvalue weighted by Crippen LogP contribution is -2.15. The predicted octanol–water partition coefficient (Wildman–Crippen LogP) is 6.01. The molecule has 34 heavy (non-hydrogen) atoms. The molecule has 2 aromatic carbocycles. The van der Waals surface area contributed by atoms with Gasteiger partial charge in [0.1, 0.15) is 11.4 Å². The van der Waals surface area contributed by atoms with Crippen LogP contribution in [0.15, 0.2) is 51.9 Å². The number of ether oxygens (including phenoxy) is 2. The molecular formula is C24H27N3O6S. The van der Waals surface area contributed by atoms with Crippen LogP contribution in [0, 0.1) is 17.0 Å². The van der Waals surface area contributed by atoms with Crippen molar-refractivity contribution in [1.82, 2.24) is 5.16 Å². The third kappa shape index (κ3) is 6.50. The van der Waals surface area contributed by atoms with Gasteiger partial charge < -0.3 is 19.3 Å². The summed E-state index contributed by atoms with van der Waals surface area (Å²) in [7, 11) is 0. The van der Waals surface area contributed by atoms with Crippen LogP contribution in [0.3, 0.4) is 0 Å². The minimum atomic E-state index is -0.551. The number of rotatable bonds is 12. The number of aromatic nitrogens is 1. The highest BCUT2D eigenvalue weighted by Crippen LogP contribution is 2.39. The van der Waals surface area contributed by atoms with E-state index in [0.29, 0.717) is 40.9 Å². The molecule has 1 amide bonds. The molecule has 0 spiro atoms. The number of nitrogens with one attached hydrogen (secondary N) is 1. The molecule has 0 radical (unpaired) electrons. The fourth-order valence-electron chi connectivity index (χ4n) is 3.05. The quantitative estimate of drug-likeness (QED) is 0.188. The highest BCUT2D eigenvalue weighted by Gasteiger charge is 2.23. The second kappa shape index (κ2) is 12.1. The van der Waals surface area contributed by atoms with Crippen LogP contribution in [0.2, 0.25) is 0 Å². The molecule has 0 fully saturated rings. The Morgan fingerprint density at radius 1 is 1.12 bits per heavy atom. The summed E-state index contributed by atoms with van der Waals surface area (Å²) in [5.74, 6) is 1.33. The maximum atomic E-state index is 13.2. The van der Waals surface area contributed by atoms with Gasteiger partial charge in [-0.25, -0.2) is 0 Å². The zero-order valence-corrected chi connectivity index (χ0v) is 20.1. The van der Waals surface area contributed by atoms with Crippen molar-refractivity contribution in [2.75, 3.05) is 18.5 Å². The zero-order valence-electron chi connectivity index (χ0n) is 19.3. The van der Waals surface area contributed by atoms with E-state index in [-0.39, 0.29) is 17.1 Å². The maximum Gasteiger partial charge on any atom is 0.296 e. The molecule has 3 rings (SSSR count). The molecule has 10 heteroatoms. The predicted molar refractivity (Wildman–Crippen MR) is 130 cm³/mol. The second-order valence-corrected chi connectivity index (χ2v) is 8.46. The standard InChI is InChI=1S/C24H27N3O6S/c1-4-10-31-21-13-19(20(27(29)30)14-22(21)32-11-5-2)25-24(28)18-8-6-7-9-23(18)34-15-17-12-16(3)26-33-17/h6-9,12-14H,4-5,10-11,15H2,1-3H3,(H,25,28). The number of nitro benzene ring substituents is 1. The fourth-order valence-corrected chi connectivity index (χ4v) is 3.98. The maximum absolute atomic E-state index is 13.2. The first kappa shape index (κ1) is 25.1. The first-order valence-corrected chi connectivity index (χ1v) is 11.9. The van der Waals surface area contributed by atoms with Crippen molar-refractivity contribution in [3.8, 4) is 11.5 Å². The fraction of sp³-hybridized carbons (Fsp3) is 0.333. The molecule has 1 N–H and O–H groups in total. The van der Waals surface area contributed by atoms with Crippen molar-refractivity contribution in [2.24, 2.45) is 0 Å². The van der Waals surface area contributed by atoms with Gasteiger partial charge in [0.25, 0.3) is 11.6 Å². The normalized spacial score (nSPS) is 10.7. The Labute approximate surface area is 202 Å². The molecule has 0 saturated heterocycles. The number of benzene rings is 2. The number of carbonyl (C=O) groups is 1. The average Bonchev–Trinajstić information content (AvgIpc) is 3.25. The summed E-state index contributed by atoms with van der Waals surface area (Å²) in [6.07, 6.45) is 1.49. The Morgan fingerprint density at radius 3 is 2.41 bits per heavy atom. The van der Waals surface area contributed by atoms with Gasteiger partial charge in [0.15, 0.2) is 11.5 Å². The van der Waals surface area contributed by atoms with Crippen LogP contribution < -0.4 is 14.8 Å². The first-order valence-electron chi connectivity index (χ1n) is 11.0. The van der Waals surface area contributed by atoms with Gasteiger partial charge >= 0.3 is 0 Å². The Balaban J connectivity index is 1.87. The third-order valence-electron chi connectivity index (χ3n) is 4.61. The number of nitrogens with zero attached hydrogens (tertiary/aromatic N) is 2. The number of hydrogen-bond donors (Lipinski definition) is 1. The molecular weight excluding hydrogens is 458 g/mol. The number of aryl methyl sites for hydroxylation is 1. The third-order valence-corrected chi connectivity index (χ3v) is 5.70. The number of thioether (sulfide) groups is 1. The molecule has 9 nitrogen and oxygen atoms in total. The average molecular weight is 486 g/mol. The van der Waals surface area contributed by atoms with E-state index in [1.54, 1.807) is 12.1 Å². The molecule has 0 aliphatic rings. The molecule has 3 aromatic rings. The van der Waals surface area contributed by atoms with Crippen molar-refractivity contribution in [2.45, 2.75) is 44.3 Å². The van der Waals surface area contributed by atoms with Gasteiger partial charge in [-0.2, -0.15) is 0 Å². The van der Waals surface area contributed by atoms with Gasteiger partial charge in [0.2, 0.25) is 0 Å². The summed E-state index contributed by atoms with van der Waals surface area (Å²) < 4.78 is 16.6. The van der Waals surface area contributed by atoms with Crippen molar-refractivity contribution >= 4 is 29.0 Å². The van der Waals surface area contributed by atoms with E-state index >= 15 is 0 Å². The number of amides is 1. The van der Waals surface area contributed by atoms with Crippen LogP contribution >= 0.6 is 11.8 Å². The Bertz CT molecular complexity index is 1150. The lowest BCUT2D eigenvalue weighted by Gasteiger charge is -2.15. The van der Waals surface area contributed by atoms with Crippen LogP contribution in [0.1, 0.15) is 48.5 Å². The Hall–Kier alpha value is -3.53. The van der Waals surface area contributed by atoms with E-state index in [1.165, 1.54) is 23.9 Å². The molecule has 1 heterocycles. The summed E-state index contributed by atoms with van der Waals surface area (Å²) in [6, 6.07) is 11.6. The van der Waals surface area contributed by atoms with E-state index in [9.17, 15) is 14.9 Å². The van der Waals surface area contributed by atoms with Gasteiger partial charge in [-0.3, -0.25) is 14.9 Å². The summed E-state index contributed by atoms with van der Waals surface area (Å²) in [4.78, 5) is 25.1. The molecule has 0 atom stereocenters. The SMILES string of the molecule is CCCOc1cc(NC(=O)c2ccccc2SCc2cc(C)no2)c([N+](=O)[O-])cc1OCCC. The van der Waals surface area contributed by atoms with Gasteiger partial charge in [-0.1, -0.05) is 31.1 Å². The van der Waals surface area contributed by atoms with Gasteiger partial charge in [-0.05, 0) is 31.9 Å². The highest BCUT2D eigenvalue weighted by molar-refractivity contribution is 7.98. The number of hydrogen-bond acceptors (Lipinski definition) is 8. The lowest BCUT2D eigenvalue weighted by atomic mass is 10.2. The Morgan fingerprint density at radius 2 is 1.79 bits per heavy atom. The smallest absolute Gasteiger partial charge is 0.296 e. The summed E-state index contributed by atoms with van der Waals surface area (Å²) >= 11 is 1.42. The van der Waals surface area contributed by atoms with Crippen molar-refractivity contribution < 1.29 is 23.7 Å². The second-order valence-electron chi connectivity index (χ2n) is 7.44. The van der Waals surface area contributed by atoms with Crippen molar-refractivity contribution in [3.05, 3.63) is 69.6 Å². The summed E-state index contributed by atoms with van der Waals surface area (Å²) in [6.45, 7) is 6.53. The van der Waals surface area contributed by atoms with Crippen LogP contribution in [0.25, 0.3) is 0 Å².